The first kappa shape index (κ1) is 21.5. The molecule has 3 aromatic carbocycles. The summed E-state index contributed by atoms with van der Waals surface area (Å²) in [6.45, 7) is 0. The normalized spacial score (nSPS) is 10.6. The maximum atomic E-state index is 13.3. The number of benzene rings is 3. The Morgan fingerprint density at radius 3 is 2.31 bits per heavy atom. The molecule has 0 bridgehead atoms. The average molecular weight is 449 g/mol. The lowest BCUT2D eigenvalue weighted by Gasteiger charge is -2.14. The van der Waals surface area contributed by atoms with E-state index in [9.17, 15) is 4.79 Å². The lowest BCUT2D eigenvalue weighted by Crippen LogP contribution is -2.14. The van der Waals surface area contributed by atoms with Crippen LogP contribution in [0.15, 0.2) is 66.7 Å². The van der Waals surface area contributed by atoms with Gasteiger partial charge < -0.3 is 19.5 Å². The van der Waals surface area contributed by atoms with E-state index in [2.05, 4.69) is 5.32 Å². The van der Waals surface area contributed by atoms with E-state index in [1.54, 1.807) is 38.5 Å². The van der Waals surface area contributed by atoms with E-state index >= 15 is 0 Å². The van der Waals surface area contributed by atoms with E-state index in [0.29, 0.717) is 44.7 Å². The number of pyridine rings is 1. The van der Waals surface area contributed by atoms with Crippen LogP contribution in [0.4, 0.5) is 5.69 Å². The average Bonchev–Trinajstić information content (AvgIpc) is 2.83. The van der Waals surface area contributed by atoms with Crippen LogP contribution < -0.4 is 19.5 Å². The molecule has 0 radical (unpaired) electrons. The summed E-state index contributed by atoms with van der Waals surface area (Å²) in [5.74, 6) is 1.41. The van der Waals surface area contributed by atoms with Crippen LogP contribution in [-0.4, -0.2) is 32.2 Å². The van der Waals surface area contributed by atoms with E-state index in [0.717, 1.165) is 10.9 Å². The van der Waals surface area contributed by atoms with Crippen molar-refractivity contribution >= 4 is 34.1 Å². The molecule has 0 spiro atoms. The topological polar surface area (TPSA) is 69.7 Å². The summed E-state index contributed by atoms with van der Waals surface area (Å²) >= 11 is 6.12. The summed E-state index contributed by atoms with van der Waals surface area (Å²) < 4.78 is 16.1. The van der Waals surface area contributed by atoms with Gasteiger partial charge in [-0.05, 0) is 48.5 Å². The molecule has 32 heavy (non-hydrogen) atoms. The number of aromatic nitrogens is 1. The Bertz CT molecular complexity index is 1310. The zero-order valence-electron chi connectivity index (χ0n) is 17.8. The molecule has 4 aromatic rings. The molecular formula is C25H21ClN2O4. The van der Waals surface area contributed by atoms with Crippen molar-refractivity contribution < 1.29 is 19.0 Å². The fourth-order valence-corrected chi connectivity index (χ4v) is 3.65. The number of anilines is 1. The first-order valence-electron chi connectivity index (χ1n) is 9.81. The lowest BCUT2D eigenvalue weighted by atomic mass is 10.0. The molecule has 6 nitrogen and oxygen atoms in total. The van der Waals surface area contributed by atoms with Gasteiger partial charge in [-0.1, -0.05) is 29.8 Å². The molecule has 0 saturated carbocycles. The summed E-state index contributed by atoms with van der Waals surface area (Å²) in [4.78, 5) is 18.1. The van der Waals surface area contributed by atoms with Crippen LogP contribution in [0.3, 0.4) is 0 Å². The standard InChI is InChI=1S/C25H21ClN2O4/c1-30-22-11-9-16(26)13-21(22)28-25(29)18-14-20(27-19-7-5-4-6-17(18)19)15-8-10-23(31-2)24(12-15)32-3/h4-14H,1-3H3,(H,28,29). The minimum atomic E-state index is -0.300. The van der Waals surface area contributed by atoms with E-state index < -0.39 is 0 Å². The van der Waals surface area contributed by atoms with Gasteiger partial charge in [0, 0.05) is 16.0 Å². The van der Waals surface area contributed by atoms with E-state index in [1.165, 1.54) is 7.11 Å². The van der Waals surface area contributed by atoms with E-state index in [1.807, 2.05) is 42.5 Å². The van der Waals surface area contributed by atoms with Crippen molar-refractivity contribution in [3.63, 3.8) is 0 Å². The number of nitrogens with zero attached hydrogens (tertiary/aromatic N) is 1. The number of carbonyl (C=O) groups excluding carboxylic acids is 1. The van der Waals surface area contributed by atoms with Gasteiger partial charge in [0.1, 0.15) is 5.75 Å². The monoisotopic (exact) mass is 448 g/mol. The van der Waals surface area contributed by atoms with Crippen molar-refractivity contribution in [3.05, 3.63) is 77.3 Å². The predicted octanol–water partition coefficient (Wildman–Crippen LogP) is 5.83. The highest BCUT2D eigenvalue weighted by Gasteiger charge is 2.17. The van der Waals surface area contributed by atoms with Crippen molar-refractivity contribution in [2.45, 2.75) is 0 Å². The van der Waals surface area contributed by atoms with Gasteiger partial charge in [0.15, 0.2) is 11.5 Å². The Morgan fingerprint density at radius 2 is 1.56 bits per heavy atom. The van der Waals surface area contributed by atoms with Crippen LogP contribution in [0.25, 0.3) is 22.2 Å². The molecule has 1 amide bonds. The van der Waals surface area contributed by atoms with Gasteiger partial charge in [0.25, 0.3) is 5.91 Å². The van der Waals surface area contributed by atoms with Crippen LogP contribution in [-0.2, 0) is 0 Å². The first-order chi connectivity index (χ1) is 15.5. The van der Waals surface area contributed by atoms with Crippen molar-refractivity contribution in [3.8, 4) is 28.5 Å². The highest BCUT2D eigenvalue weighted by atomic mass is 35.5. The summed E-state index contributed by atoms with van der Waals surface area (Å²) in [6.07, 6.45) is 0. The third-order valence-electron chi connectivity index (χ3n) is 5.05. The molecular weight excluding hydrogens is 428 g/mol. The van der Waals surface area contributed by atoms with Gasteiger partial charge in [-0.25, -0.2) is 4.98 Å². The molecule has 4 rings (SSSR count). The maximum absolute atomic E-state index is 13.3. The second-order valence-corrected chi connectivity index (χ2v) is 7.38. The number of ether oxygens (including phenoxy) is 3. The number of fused-ring (bicyclic) bond motifs is 1. The molecule has 0 aliphatic rings. The van der Waals surface area contributed by atoms with Crippen LogP contribution in [0, 0.1) is 0 Å². The van der Waals surface area contributed by atoms with Crippen molar-refractivity contribution in [2.75, 3.05) is 26.6 Å². The van der Waals surface area contributed by atoms with Crippen molar-refractivity contribution in [2.24, 2.45) is 0 Å². The van der Waals surface area contributed by atoms with E-state index in [-0.39, 0.29) is 5.91 Å². The second kappa shape index (κ2) is 9.16. The van der Waals surface area contributed by atoms with Gasteiger partial charge >= 0.3 is 0 Å². The Balaban J connectivity index is 1.81. The minimum absolute atomic E-state index is 0.300. The zero-order chi connectivity index (χ0) is 22.7. The Labute approximate surface area is 190 Å². The number of nitrogens with one attached hydrogen (secondary N) is 1. The van der Waals surface area contributed by atoms with Gasteiger partial charge in [-0.15, -0.1) is 0 Å². The lowest BCUT2D eigenvalue weighted by molar-refractivity contribution is 0.102. The molecule has 7 heteroatoms. The van der Waals surface area contributed by atoms with Crippen molar-refractivity contribution in [1.29, 1.82) is 0 Å². The maximum Gasteiger partial charge on any atom is 0.256 e. The number of methoxy groups -OCH3 is 3. The largest absolute Gasteiger partial charge is 0.495 e. The minimum Gasteiger partial charge on any atom is -0.495 e. The highest BCUT2D eigenvalue weighted by molar-refractivity contribution is 6.31. The molecule has 1 heterocycles. The number of halogens is 1. The third kappa shape index (κ3) is 4.18. The molecule has 0 fully saturated rings. The smallest absolute Gasteiger partial charge is 0.256 e. The highest BCUT2D eigenvalue weighted by Crippen LogP contribution is 2.34. The molecule has 0 unspecified atom stereocenters. The SMILES string of the molecule is COc1ccc(Cl)cc1NC(=O)c1cc(-c2ccc(OC)c(OC)c2)nc2ccccc12. The third-order valence-corrected chi connectivity index (χ3v) is 5.28. The number of rotatable bonds is 6. The summed E-state index contributed by atoms with van der Waals surface area (Å²) in [5.41, 5.74) is 3.08. The van der Waals surface area contributed by atoms with Gasteiger partial charge in [0.2, 0.25) is 0 Å². The van der Waals surface area contributed by atoms with Gasteiger partial charge in [-0.2, -0.15) is 0 Å². The van der Waals surface area contributed by atoms with Gasteiger partial charge in [-0.3, -0.25) is 4.79 Å². The second-order valence-electron chi connectivity index (χ2n) is 6.94. The number of carbonyl (C=O) groups is 1. The molecule has 0 atom stereocenters. The van der Waals surface area contributed by atoms with Crippen LogP contribution >= 0.6 is 11.6 Å². The Kier molecular flexibility index (Phi) is 6.14. The number of amides is 1. The molecule has 1 aromatic heterocycles. The van der Waals surface area contributed by atoms with Gasteiger partial charge in [0.05, 0.1) is 43.8 Å². The number of hydrogen-bond donors (Lipinski definition) is 1. The number of hydrogen-bond acceptors (Lipinski definition) is 5. The summed E-state index contributed by atoms with van der Waals surface area (Å²) in [5, 5.41) is 4.13. The molecule has 0 aliphatic heterocycles. The predicted molar refractivity (Wildman–Crippen MR) is 126 cm³/mol. The quantitative estimate of drug-likeness (QED) is 0.401. The van der Waals surface area contributed by atoms with Crippen LogP contribution in [0.1, 0.15) is 10.4 Å². The summed E-state index contributed by atoms with van der Waals surface area (Å²) in [7, 11) is 4.70. The molecule has 162 valence electrons. The Morgan fingerprint density at radius 1 is 0.844 bits per heavy atom. The molecule has 1 N–H and O–H groups in total. The summed E-state index contributed by atoms with van der Waals surface area (Å²) in [6, 6.07) is 19.8. The molecule has 0 aliphatic carbocycles. The fraction of sp³-hybridized carbons (Fsp3) is 0.120. The van der Waals surface area contributed by atoms with Crippen LogP contribution in [0.5, 0.6) is 17.2 Å². The zero-order valence-corrected chi connectivity index (χ0v) is 18.6. The van der Waals surface area contributed by atoms with Crippen LogP contribution in [0.2, 0.25) is 5.02 Å². The molecule has 0 saturated heterocycles. The van der Waals surface area contributed by atoms with Crippen molar-refractivity contribution in [1.82, 2.24) is 4.98 Å². The Hall–Kier alpha value is -3.77. The fourth-order valence-electron chi connectivity index (χ4n) is 3.47. The van der Waals surface area contributed by atoms with E-state index in [4.69, 9.17) is 30.8 Å². The number of para-hydroxylation sites is 1. The first-order valence-corrected chi connectivity index (χ1v) is 10.2.